The predicted octanol–water partition coefficient (Wildman–Crippen LogP) is 14.4. The Balaban J connectivity index is 0.938. The molecule has 1 aliphatic carbocycles. The van der Waals surface area contributed by atoms with Crippen molar-refractivity contribution >= 4 is 67.8 Å². The molecule has 1 aliphatic heterocycles. The highest BCUT2D eigenvalue weighted by Gasteiger charge is 2.50. The van der Waals surface area contributed by atoms with Crippen LogP contribution in [-0.2, 0) is 5.41 Å². The zero-order chi connectivity index (χ0) is 46.2. The summed E-state index contributed by atoms with van der Waals surface area (Å²) >= 11 is 0. The smallest absolute Gasteiger partial charge is 0.180 e. The van der Waals surface area contributed by atoms with E-state index in [1.165, 1.54) is 81.8 Å². The van der Waals surface area contributed by atoms with Gasteiger partial charge in [-0.15, -0.1) is 0 Å². The second-order valence-electron chi connectivity index (χ2n) is 18.7. The van der Waals surface area contributed by atoms with Crippen molar-refractivity contribution in [3.63, 3.8) is 0 Å². The fourth-order valence-electron chi connectivity index (χ4n) is 12.4. The minimum atomic E-state index is -2.76. The van der Waals surface area contributed by atoms with Crippen molar-refractivity contribution in [1.82, 2.24) is 0 Å². The number of para-hydroxylation sites is 2. The summed E-state index contributed by atoms with van der Waals surface area (Å²) in [5, 5.41) is 7.93. The Morgan fingerprint density at radius 1 is 0.343 bits per heavy atom. The van der Waals surface area contributed by atoms with Gasteiger partial charge >= 0.3 is 0 Å². The molecule has 0 fully saturated rings. The number of benzene rings is 11. The quantitative estimate of drug-likeness (QED) is 0.141. The van der Waals surface area contributed by atoms with Crippen molar-refractivity contribution in [1.29, 1.82) is 0 Å². The average molecular weight is 908 g/mol. The van der Waals surface area contributed by atoms with Crippen LogP contribution in [0.5, 0.6) is 0 Å². The molecular formula is C67H45NOSi. The highest BCUT2D eigenvalue weighted by atomic mass is 28.3. The second-order valence-corrected chi connectivity index (χ2v) is 22.4. The van der Waals surface area contributed by atoms with Gasteiger partial charge in [-0.1, -0.05) is 218 Å². The van der Waals surface area contributed by atoms with E-state index < -0.39 is 13.5 Å². The first-order valence-electron chi connectivity index (χ1n) is 24.2. The first-order chi connectivity index (χ1) is 34.7. The Bertz CT molecular complexity index is 3840. The molecule has 0 radical (unpaired) electrons. The fourth-order valence-corrected chi connectivity index (χ4v) is 17.5. The molecule has 328 valence electrons. The van der Waals surface area contributed by atoms with Crippen LogP contribution in [0.1, 0.15) is 22.3 Å². The molecule has 0 bridgehead atoms. The van der Waals surface area contributed by atoms with Crippen molar-refractivity contribution < 1.29 is 4.42 Å². The molecule has 0 saturated carbocycles. The van der Waals surface area contributed by atoms with Gasteiger partial charge in [0.2, 0.25) is 0 Å². The summed E-state index contributed by atoms with van der Waals surface area (Å²) in [6.07, 6.45) is 0. The van der Waals surface area contributed by atoms with E-state index in [0.717, 1.165) is 33.6 Å². The van der Waals surface area contributed by atoms with E-state index in [2.05, 4.69) is 278 Å². The maximum Gasteiger partial charge on any atom is 0.180 e. The summed E-state index contributed by atoms with van der Waals surface area (Å²) in [5.41, 5.74) is 17.2. The monoisotopic (exact) mass is 907 g/mol. The van der Waals surface area contributed by atoms with Crippen molar-refractivity contribution in [3.8, 4) is 33.4 Å². The van der Waals surface area contributed by atoms with Crippen LogP contribution in [0.2, 0.25) is 0 Å². The summed E-state index contributed by atoms with van der Waals surface area (Å²) in [7, 11) is -2.76. The first kappa shape index (κ1) is 40.3. The minimum absolute atomic E-state index is 0.501. The molecule has 14 rings (SSSR count). The van der Waals surface area contributed by atoms with Crippen molar-refractivity contribution in [2.45, 2.75) is 5.41 Å². The van der Waals surface area contributed by atoms with Crippen LogP contribution in [-0.4, -0.2) is 8.07 Å². The van der Waals surface area contributed by atoms with Gasteiger partial charge in [0.1, 0.15) is 11.2 Å². The second kappa shape index (κ2) is 15.9. The maximum absolute atomic E-state index is 6.60. The number of rotatable bonds is 8. The van der Waals surface area contributed by atoms with Gasteiger partial charge < -0.3 is 9.32 Å². The van der Waals surface area contributed by atoms with E-state index in [1.54, 1.807) is 0 Å². The molecule has 2 heterocycles. The third kappa shape index (κ3) is 5.79. The van der Waals surface area contributed by atoms with Crippen molar-refractivity contribution in [2.75, 3.05) is 4.90 Å². The molecule has 0 N–H and O–H groups in total. The molecule has 2 aliphatic rings. The van der Waals surface area contributed by atoms with Crippen LogP contribution >= 0.6 is 0 Å². The number of hydrogen-bond donors (Lipinski definition) is 0. The summed E-state index contributed by atoms with van der Waals surface area (Å²) in [6.45, 7) is 0. The molecule has 0 spiro atoms. The Morgan fingerprint density at radius 3 is 1.56 bits per heavy atom. The molecule has 0 atom stereocenters. The van der Waals surface area contributed by atoms with Gasteiger partial charge in [-0.05, 0) is 131 Å². The van der Waals surface area contributed by atoms with E-state index in [1.807, 2.05) is 0 Å². The topological polar surface area (TPSA) is 16.4 Å². The lowest BCUT2D eigenvalue weighted by molar-refractivity contribution is 0.669. The number of furan rings is 1. The van der Waals surface area contributed by atoms with E-state index in [-0.39, 0.29) is 0 Å². The molecule has 70 heavy (non-hydrogen) atoms. The third-order valence-corrected chi connectivity index (χ3v) is 20.1. The highest BCUT2D eigenvalue weighted by Crippen LogP contribution is 2.57. The molecule has 12 aromatic rings. The third-order valence-electron chi connectivity index (χ3n) is 15.2. The average Bonchev–Trinajstić information content (AvgIpc) is 4.07. The summed E-state index contributed by atoms with van der Waals surface area (Å²) in [4.78, 5) is 2.41. The minimum Gasteiger partial charge on any atom is -0.456 e. The summed E-state index contributed by atoms with van der Waals surface area (Å²) < 4.78 is 6.60. The highest BCUT2D eigenvalue weighted by molar-refractivity contribution is 7.22. The molecule has 1 aromatic heterocycles. The summed E-state index contributed by atoms with van der Waals surface area (Å²) in [6, 6.07) is 101. The van der Waals surface area contributed by atoms with Crippen LogP contribution in [0.25, 0.3) is 55.3 Å². The number of hydrogen-bond acceptors (Lipinski definition) is 2. The van der Waals surface area contributed by atoms with Crippen LogP contribution in [0, 0.1) is 0 Å². The van der Waals surface area contributed by atoms with Gasteiger partial charge in [0, 0.05) is 27.8 Å². The molecular weight excluding hydrogens is 863 g/mol. The number of nitrogens with zero attached hydrogens (tertiary/aromatic N) is 1. The van der Waals surface area contributed by atoms with E-state index >= 15 is 0 Å². The lowest BCUT2D eigenvalue weighted by Crippen LogP contribution is -2.72. The Kier molecular flexibility index (Phi) is 9.17. The maximum atomic E-state index is 6.60. The molecule has 2 nitrogen and oxygen atoms in total. The Labute approximate surface area is 409 Å². The van der Waals surface area contributed by atoms with Gasteiger partial charge in [0.15, 0.2) is 8.07 Å². The van der Waals surface area contributed by atoms with Crippen LogP contribution in [0.4, 0.5) is 17.1 Å². The van der Waals surface area contributed by atoms with Crippen LogP contribution in [0.15, 0.2) is 277 Å². The van der Waals surface area contributed by atoms with Crippen molar-refractivity contribution in [2.24, 2.45) is 0 Å². The van der Waals surface area contributed by atoms with Crippen molar-refractivity contribution in [3.05, 3.63) is 295 Å². The van der Waals surface area contributed by atoms with E-state index in [9.17, 15) is 0 Å². The largest absolute Gasteiger partial charge is 0.456 e. The molecule has 0 unspecified atom stereocenters. The number of anilines is 3. The van der Waals surface area contributed by atoms with Gasteiger partial charge in [0.05, 0.1) is 5.41 Å². The number of fused-ring (bicyclic) bond motifs is 10. The van der Waals surface area contributed by atoms with E-state index in [0.29, 0.717) is 0 Å². The SMILES string of the molecule is c1ccc(N(c2ccc(-c3ccc4c(c3)-c3c(ccc5oc6ccccc6c35)[Si]4(c3ccccc3)c3ccccc3)cc2)c2ccc3c(c2)C(c2ccccc2)(c2ccccc2)c2ccccc2-3)cc1. The van der Waals surface area contributed by atoms with Gasteiger partial charge in [-0.25, -0.2) is 0 Å². The normalized spacial score (nSPS) is 13.7. The Hall–Kier alpha value is -8.76. The molecule has 11 aromatic carbocycles. The molecule has 0 saturated heterocycles. The lowest BCUT2D eigenvalue weighted by Gasteiger charge is -2.35. The van der Waals surface area contributed by atoms with Crippen LogP contribution in [0.3, 0.4) is 0 Å². The molecule has 0 amide bonds. The lowest BCUT2D eigenvalue weighted by atomic mass is 9.67. The first-order valence-corrected chi connectivity index (χ1v) is 26.2. The zero-order valence-electron chi connectivity index (χ0n) is 38.3. The van der Waals surface area contributed by atoms with Gasteiger partial charge in [0.25, 0.3) is 0 Å². The standard InChI is InChI=1S/C67H45NOSi/c1-6-20-48(21-7-1)67(49-22-8-2-9-23-49)59-32-18-16-30-55(59)56-40-39-52(45-60(56)67)68(50-24-10-3-11-25-50)51-37-34-46(35-38-51)47-36-42-63-58(44-47)66-64(43-41-62-65(66)57-31-17-19-33-61(57)69-62)70(63,53-26-12-4-13-27-53)54-28-14-5-15-29-54/h1-45H. The summed E-state index contributed by atoms with van der Waals surface area (Å²) in [5.74, 6) is 0. The predicted molar refractivity (Wildman–Crippen MR) is 294 cm³/mol. The van der Waals surface area contributed by atoms with Gasteiger partial charge in [-0.3, -0.25) is 0 Å². The van der Waals surface area contributed by atoms with Gasteiger partial charge in [-0.2, -0.15) is 0 Å². The van der Waals surface area contributed by atoms with Crippen LogP contribution < -0.4 is 25.6 Å². The van der Waals surface area contributed by atoms with E-state index in [4.69, 9.17) is 4.42 Å². The Morgan fingerprint density at radius 2 is 0.871 bits per heavy atom. The zero-order valence-corrected chi connectivity index (χ0v) is 39.3. The molecule has 3 heteroatoms. The fraction of sp³-hybridized carbons (Fsp3) is 0.0149.